The first-order chi connectivity index (χ1) is 8.56. The third kappa shape index (κ3) is 10.9. The summed E-state index contributed by atoms with van der Waals surface area (Å²) in [5.41, 5.74) is 0. The molecule has 0 unspecified atom stereocenters. The van der Waals surface area contributed by atoms with E-state index in [9.17, 15) is 9.59 Å². The normalized spacial score (nSPS) is 10.2. The van der Waals surface area contributed by atoms with E-state index < -0.39 is 11.9 Å². The second-order valence-electron chi connectivity index (χ2n) is 3.74. The van der Waals surface area contributed by atoms with Gasteiger partial charge in [-0.2, -0.15) is 0 Å². The smallest absolute Gasteiger partial charge is 0.304 e. The van der Waals surface area contributed by atoms with E-state index in [1.807, 2.05) is 4.90 Å². The summed E-state index contributed by atoms with van der Waals surface area (Å²) in [6.07, 6.45) is 5.72. The topological polar surface area (TPSA) is 87.1 Å². The number of carbonyl (C=O) groups is 2. The summed E-state index contributed by atoms with van der Waals surface area (Å²) in [5, 5.41) is 17.2. The maximum atomic E-state index is 10.5. The first kappa shape index (κ1) is 16.4. The largest absolute Gasteiger partial charge is 0.481 e. The van der Waals surface area contributed by atoms with E-state index in [1.165, 1.54) is 0 Å². The zero-order chi connectivity index (χ0) is 13.8. The standard InChI is InChI=1S/C12H19NO5/c1-2-9-18-10-3-6-13(7-4-11(14)15)8-5-12(16)17/h1H,3-10H2,(H,14,15)(H,16,17). The summed E-state index contributed by atoms with van der Waals surface area (Å²) in [4.78, 5) is 22.7. The highest BCUT2D eigenvalue weighted by Crippen LogP contribution is 1.98. The van der Waals surface area contributed by atoms with Gasteiger partial charge in [-0.3, -0.25) is 9.59 Å². The van der Waals surface area contributed by atoms with Gasteiger partial charge >= 0.3 is 11.9 Å². The molecule has 0 saturated heterocycles. The Kier molecular flexibility index (Phi) is 9.64. The highest BCUT2D eigenvalue weighted by molar-refractivity contribution is 5.67. The minimum atomic E-state index is -0.890. The SMILES string of the molecule is C#CCOCCCN(CCC(=O)O)CCC(=O)O. The van der Waals surface area contributed by atoms with Gasteiger partial charge in [-0.1, -0.05) is 5.92 Å². The average molecular weight is 257 g/mol. The lowest BCUT2D eigenvalue weighted by Crippen LogP contribution is -2.30. The van der Waals surface area contributed by atoms with E-state index in [2.05, 4.69) is 5.92 Å². The molecule has 0 atom stereocenters. The Balaban J connectivity index is 3.84. The van der Waals surface area contributed by atoms with Gasteiger partial charge in [-0.15, -0.1) is 6.42 Å². The first-order valence-corrected chi connectivity index (χ1v) is 5.73. The molecular weight excluding hydrogens is 238 g/mol. The Labute approximate surface area is 107 Å². The van der Waals surface area contributed by atoms with Crippen LogP contribution in [0.5, 0.6) is 0 Å². The van der Waals surface area contributed by atoms with Crippen LogP contribution in [0.15, 0.2) is 0 Å². The Morgan fingerprint density at radius 2 is 1.67 bits per heavy atom. The number of hydrogen-bond acceptors (Lipinski definition) is 4. The summed E-state index contributed by atoms with van der Waals surface area (Å²) in [6.45, 7) is 2.03. The zero-order valence-electron chi connectivity index (χ0n) is 10.3. The van der Waals surface area contributed by atoms with Crippen molar-refractivity contribution in [2.75, 3.05) is 32.8 Å². The first-order valence-electron chi connectivity index (χ1n) is 5.73. The lowest BCUT2D eigenvalue weighted by molar-refractivity contribution is -0.137. The van der Waals surface area contributed by atoms with Crippen LogP contribution in [0.1, 0.15) is 19.3 Å². The number of carboxylic acid groups (broad SMARTS) is 2. The number of terminal acetylenes is 1. The van der Waals surface area contributed by atoms with E-state index in [1.54, 1.807) is 0 Å². The third-order valence-electron chi connectivity index (χ3n) is 2.23. The Morgan fingerprint density at radius 1 is 1.11 bits per heavy atom. The average Bonchev–Trinajstić information content (AvgIpc) is 2.30. The zero-order valence-corrected chi connectivity index (χ0v) is 10.3. The molecule has 0 aromatic carbocycles. The predicted octanol–water partition coefficient (Wildman–Crippen LogP) is 0.278. The van der Waals surface area contributed by atoms with E-state index in [-0.39, 0.29) is 19.4 Å². The number of nitrogens with zero attached hydrogens (tertiary/aromatic N) is 1. The molecule has 0 saturated carbocycles. The van der Waals surface area contributed by atoms with Crippen molar-refractivity contribution >= 4 is 11.9 Å². The second-order valence-corrected chi connectivity index (χ2v) is 3.74. The maximum absolute atomic E-state index is 10.5. The number of hydrogen-bond donors (Lipinski definition) is 2. The summed E-state index contributed by atoms with van der Waals surface area (Å²) in [6, 6.07) is 0. The Morgan fingerprint density at radius 3 is 2.11 bits per heavy atom. The van der Waals surface area contributed by atoms with Crippen molar-refractivity contribution in [3.8, 4) is 12.3 Å². The molecule has 0 bridgehead atoms. The molecule has 102 valence electrons. The fraction of sp³-hybridized carbons (Fsp3) is 0.667. The molecular formula is C12H19NO5. The molecule has 6 heteroatoms. The van der Waals surface area contributed by atoms with Crippen molar-refractivity contribution < 1.29 is 24.5 Å². The number of aliphatic carboxylic acids is 2. The lowest BCUT2D eigenvalue weighted by Gasteiger charge is -2.20. The van der Waals surface area contributed by atoms with Crippen molar-refractivity contribution in [2.24, 2.45) is 0 Å². The molecule has 0 amide bonds. The van der Waals surface area contributed by atoms with Gasteiger partial charge in [-0.05, 0) is 6.42 Å². The van der Waals surface area contributed by atoms with Gasteiger partial charge in [0.25, 0.3) is 0 Å². The fourth-order valence-corrected chi connectivity index (χ4v) is 1.36. The highest BCUT2D eigenvalue weighted by Gasteiger charge is 2.09. The second kappa shape index (κ2) is 10.6. The fourth-order valence-electron chi connectivity index (χ4n) is 1.36. The number of ether oxygens (including phenoxy) is 1. The third-order valence-corrected chi connectivity index (χ3v) is 2.23. The monoisotopic (exact) mass is 257 g/mol. The molecule has 6 nitrogen and oxygen atoms in total. The van der Waals surface area contributed by atoms with Crippen LogP contribution in [0.3, 0.4) is 0 Å². The van der Waals surface area contributed by atoms with Crippen LogP contribution in [0.4, 0.5) is 0 Å². The molecule has 2 N–H and O–H groups in total. The predicted molar refractivity (Wildman–Crippen MR) is 65.2 cm³/mol. The van der Waals surface area contributed by atoms with Crippen molar-refractivity contribution in [1.29, 1.82) is 0 Å². The summed E-state index contributed by atoms with van der Waals surface area (Å²) >= 11 is 0. The van der Waals surface area contributed by atoms with Gasteiger partial charge in [0.05, 0.1) is 12.8 Å². The molecule has 0 rings (SSSR count). The van der Waals surface area contributed by atoms with Gasteiger partial charge < -0.3 is 19.8 Å². The molecule has 0 aromatic rings. The number of carboxylic acids is 2. The highest BCUT2D eigenvalue weighted by atomic mass is 16.5. The minimum Gasteiger partial charge on any atom is -0.481 e. The molecule has 0 aromatic heterocycles. The van der Waals surface area contributed by atoms with Crippen LogP contribution >= 0.6 is 0 Å². The summed E-state index contributed by atoms with van der Waals surface area (Å²) < 4.78 is 5.09. The van der Waals surface area contributed by atoms with Crippen molar-refractivity contribution in [3.05, 3.63) is 0 Å². The van der Waals surface area contributed by atoms with E-state index in [0.717, 1.165) is 0 Å². The van der Waals surface area contributed by atoms with Crippen LogP contribution in [0.2, 0.25) is 0 Å². The molecule has 0 radical (unpaired) electrons. The van der Waals surface area contributed by atoms with E-state index >= 15 is 0 Å². The van der Waals surface area contributed by atoms with Gasteiger partial charge in [0.15, 0.2) is 0 Å². The van der Waals surface area contributed by atoms with Gasteiger partial charge in [-0.25, -0.2) is 0 Å². The summed E-state index contributed by atoms with van der Waals surface area (Å²) in [7, 11) is 0. The molecule has 0 heterocycles. The van der Waals surface area contributed by atoms with Gasteiger partial charge in [0, 0.05) is 26.2 Å². The van der Waals surface area contributed by atoms with Crippen LogP contribution in [0.25, 0.3) is 0 Å². The molecule has 18 heavy (non-hydrogen) atoms. The van der Waals surface area contributed by atoms with Crippen molar-refractivity contribution in [1.82, 2.24) is 4.90 Å². The maximum Gasteiger partial charge on any atom is 0.304 e. The molecule has 0 fully saturated rings. The van der Waals surface area contributed by atoms with Crippen LogP contribution < -0.4 is 0 Å². The van der Waals surface area contributed by atoms with Crippen LogP contribution in [0, 0.1) is 12.3 Å². The van der Waals surface area contributed by atoms with Crippen molar-refractivity contribution in [3.63, 3.8) is 0 Å². The molecule has 0 aliphatic rings. The Bertz CT molecular complexity index is 279. The van der Waals surface area contributed by atoms with Crippen LogP contribution in [-0.4, -0.2) is 59.9 Å². The minimum absolute atomic E-state index is 0.00479. The molecule has 0 aliphatic heterocycles. The van der Waals surface area contributed by atoms with Gasteiger partial charge in [0.2, 0.25) is 0 Å². The molecule has 0 aliphatic carbocycles. The number of rotatable bonds is 11. The van der Waals surface area contributed by atoms with E-state index in [0.29, 0.717) is 32.7 Å². The van der Waals surface area contributed by atoms with Crippen LogP contribution in [-0.2, 0) is 14.3 Å². The lowest BCUT2D eigenvalue weighted by atomic mass is 10.3. The van der Waals surface area contributed by atoms with Gasteiger partial charge in [0.1, 0.15) is 6.61 Å². The van der Waals surface area contributed by atoms with E-state index in [4.69, 9.17) is 21.4 Å². The Hall–Kier alpha value is -1.58. The molecule has 0 spiro atoms. The quantitative estimate of drug-likeness (QED) is 0.408. The van der Waals surface area contributed by atoms with Crippen molar-refractivity contribution in [2.45, 2.75) is 19.3 Å². The summed E-state index contributed by atoms with van der Waals surface area (Å²) in [5.74, 6) is 0.565.